The molecule has 2 heterocycles. The molecule has 5 heteroatoms. The highest BCUT2D eigenvalue weighted by atomic mass is 16.3. The minimum Gasteiger partial charge on any atom is -0.467 e. The number of nitrogens with one attached hydrogen (secondary N) is 1. The molecule has 132 valence electrons. The molecule has 0 bridgehead atoms. The maximum Gasteiger partial charge on any atom is 0.227 e. The molecule has 5 nitrogen and oxygen atoms in total. The van der Waals surface area contributed by atoms with Crippen LogP contribution >= 0.6 is 0 Å². The van der Waals surface area contributed by atoms with Crippen molar-refractivity contribution in [2.24, 2.45) is 5.92 Å². The zero-order chi connectivity index (χ0) is 18.0. The first-order valence-electron chi connectivity index (χ1n) is 8.56. The molecular weight excluding hydrogens is 316 g/mol. The molecule has 3 rings (SSSR count). The van der Waals surface area contributed by atoms with Gasteiger partial charge in [0.2, 0.25) is 11.8 Å². The van der Waals surface area contributed by atoms with Crippen molar-refractivity contribution in [3.63, 3.8) is 0 Å². The van der Waals surface area contributed by atoms with Gasteiger partial charge < -0.3 is 14.6 Å². The molecule has 0 spiro atoms. The summed E-state index contributed by atoms with van der Waals surface area (Å²) in [5.74, 6) is 0.249. The summed E-state index contributed by atoms with van der Waals surface area (Å²) >= 11 is 0. The molecule has 25 heavy (non-hydrogen) atoms. The number of para-hydroxylation sites is 1. The molecule has 2 aromatic rings. The molecule has 0 aliphatic carbocycles. The number of nitrogens with zero attached hydrogens (tertiary/aromatic N) is 1. The van der Waals surface area contributed by atoms with Crippen molar-refractivity contribution in [3.8, 4) is 0 Å². The molecule has 0 saturated carbocycles. The summed E-state index contributed by atoms with van der Waals surface area (Å²) in [7, 11) is 0. The van der Waals surface area contributed by atoms with Crippen LogP contribution in [-0.4, -0.2) is 18.4 Å². The highest BCUT2D eigenvalue weighted by molar-refractivity contribution is 6.01. The Hall–Kier alpha value is -2.56. The summed E-state index contributed by atoms with van der Waals surface area (Å²) in [6.07, 6.45) is 1.81. The molecule has 0 radical (unpaired) electrons. The lowest BCUT2D eigenvalue weighted by molar-refractivity contribution is -0.126. The first kappa shape index (κ1) is 17.3. The Kier molecular flexibility index (Phi) is 4.66. The van der Waals surface area contributed by atoms with Gasteiger partial charge in [0.25, 0.3) is 0 Å². The van der Waals surface area contributed by atoms with Gasteiger partial charge in [-0.2, -0.15) is 0 Å². The van der Waals surface area contributed by atoms with Crippen LogP contribution in [0.1, 0.15) is 38.5 Å². The van der Waals surface area contributed by atoms with Crippen LogP contribution in [-0.2, 0) is 21.5 Å². The summed E-state index contributed by atoms with van der Waals surface area (Å²) in [5.41, 5.74) is 1.94. The fourth-order valence-corrected chi connectivity index (χ4v) is 3.19. The quantitative estimate of drug-likeness (QED) is 0.929. The van der Waals surface area contributed by atoms with Crippen LogP contribution in [0.25, 0.3) is 0 Å². The maximum absolute atomic E-state index is 12.5. The Morgan fingerprint density at radius 3 is 2.68 bits per heavy atom. The minimum atomic E-state index is -0.338. The molecule has 1 aliphatic heterocycles. The topological polar surface area (TPSA) is 62.6 Å². The third-order valence-corrected chi connectivity index (χ3v) is 4.52. The highest BCUT2D eigenvalue weighted by Gasteiger charge is 2.36. The second-order valence-electron chi connectivity index (χ2n) is 7.47. The molecule has 1 N–H and O–H groups in total. The van der Waals surface area contributed by atoms with Gasteiger partial charge in [-0.25, -0.2) is 0 Å². The van der Waals surface area contributed by atoms with Crippen molar-refractivity contribution in [2.75, 3.05) is 11.4 Å². The van der Waals surface area contributed by atoms with Crippen LogP contribution in [0.2, 0.25) is 0 Å². The van der Waals surface area contributed by atoms with Crippen molar-refractivity contribution in [2.45, 2.75) is 39.2 Å². The van der Waals surface area contributed by atoms with E-state index in [1.807, 2.05) is 30.3 Å². The second kappa shape index (κ2) is 6.75. The standard InChI is InChI=1S/C20H24N2O3/c1-20(2,3)16-8-4-5-9-17(16)22-13-14(11-18(22)23)19(24)21-12-15-7-6-10-25-15/h4-10,14H,11-13H2,1-3H3,(H,21,24). The molecule has 1 aliphatic rings. The monoisotopic (exact) mass is 340 g/mol. The van der Waals surface area contributed by atoms with Gasteiger partial charge in [-0.3, -0.25) is 9.59 Å². The molecule has 1 fully saturated rings. The lowest BCUT2D eigenvalue weighted by Gasteiger charge is -2.27. The first-order chi connectivity index (χ1) is 11.9. The van der Waals surface area contributed by atoms with E-state index in [0.29, 0.717) is 18.8 Å². The Morgan fingerprint density at radius 2 is 2.00 bits per heavy atom. The number of benzene rings is 1. The third-order valence-electron chi connectivity index (χ3n) is 4.52. The van der Waals surface area contributed by atoms with E-state index in [2.05, 4.69) is 26.1 Å². The van der Waals surface area contributed by atoms with Gasteiger partial charge in [0.05, 0.1) is 18.7 Å². The van der Waals surface area contributed by atoms with Crippen LogP contribution in [0.5, 0.6) is 0 Å². The van der Waals surface area contributed by atoms with Crippen LogP contribution in [0.4, 0.5) is 5.69 Å². The fourth-order valence-electron chi connectivity index (χ4n) is 3.19. The number of hydrogen-bond acceptors (Lipinski definition) is 3. The molecule has 1 unspecified atom stereocenters. The van der Waals surface area contributed by atoms with Gasteiger partial charge in [-0.05, 0) is 29.2 Å². The van der Waals surface area contributed by atoms with Crippen molar-refractivity contribution in [3.05, 3.63) is 54.0 Å². The van der Waals surface area contributed by atoms with E-state index in [-0.39, 0.29) is 29.6 Å². The average Bonchev–Trinajstić information content (AvgIpc) is 3.21. The number of furan rings is 1. The van der Waals surface area contributed by atoms with Crippen LogP contribution < -0.4 is 10.2 Å². The van der Waals surface area contributed by atoms with Crippen molar-refractivity contribution in [1.82, 2.24) is 5.32 Å². The number of anilines is 1. The van der Waals surface area contributed by atoms with Gasteiger partial charge in [-0.15, -0.1) is 0 Å². The summed E-state index contributed by atoms with van der Waals surface area (Å²) in [6, 6.07) is 11.5. The van der Waals surface area contributed by atoms with Gasteiger partial charge in [-0.1, -0.05) is 39.0 Å². The predicted octanol–water partition coefficient (Wildman–Crippen LogP) is 3.25. The zero-order valence-corrected chi connectivity index (χ0v) is 14.9. The Labute approximate surface area is 148 Å². The van der Waals surface area contributed by atoms with E-state index >= 15 is 0 Å². The number of carbonyl (C=O) groups excluding carboxylic acids is 2. The van der Waals surface area contributed by atoms with Crippen molar-refractivity contribution >= 4 is 17.5 Å². The molecular formula is C20H24N2O3. The Morgan fingerprint density at radius 1 is 1.24 bits per heavy atom. The van der Waals surface area contributed by atoms with Crippen LogP contribution in [0, 0.1) is 5.92 Å². The van der Waals surface area contributed by atoms with Gasteiger partial charge in [0.1, 0.15) is 5.76 Å². The average molecular weight is 340 g/mol. The number of carbonyl (C=O) groups is 2. The highest BCUT2D eigenvalue weighted by Crippen LogP contribution is 2.35. The number of amides is 2. The second-order valence-corrected chi connectivity index (χ2v) is 7.47. The summed E-state index contributed by atoms with van der Waals surface area (Å²) in [4.78, 5) is 26.7. The third kappa shape index (κ3) is 3.76. The van der Waals surface area contributed by atoms with E-state index in [1.54, 1.807) is 17.2 Å². The zero-order valence-electron chi connectivity index (χ0n) is 14.9. The summed E-state index contributed by atoms with van der Waals surface area (Å²) in [6.45, 7) is 7.13. The Balaban J connectivity index is 1.72. The number of hydrogen-bond donors (Lipinski definition) is 1. The fraction of sp³-hybridized carbons (Fsp3) is 0.400. The molecule has 1 atom stereocenters. The van der Waals surface area contributed by atoms with E-state index < -0.39 is 0 Å². The van der Waals surface area contributed by atoms with E-state index in [1.165, 1.54) is 0 Å². The van der Waals surface area contributed by atoms with Gasteiger partial charge >= 0.3 is 0 Å². The predicted molar refractivity (Wildman–Crippen MR) is 96.2 cm³/mol. The van der Waals surface area contributed by atoms with E-state index in [0.717, 1.165) is 11.3 Å². The molecule has 1 aromatic carbocycles. The normalized spacial score (nSPS) is 17.8. The summed E-state index contributed by atoms with van der Waals surface area (Å²) < 4.78 is 5.22. The molecule has 2 amide bonds. The minimum absolute atomic E-state index is 0.00477. The van der Waals surface area contributed by atoms with E-state index in [4.69, 9.17) is 4.42 Å². The first-order valence-corrected chi connectivity index (χ1v) is 8.56. The SMILES string of the molecule is CC(C)(C)c1ccccc1N1CC(C(=O)NCc2ccco2)CC1=O. The van der Waals surface area contributed by atoms with Crippen molar-refractivity contribution in [1.29, 1.82) is 0 Å². The van der Waals surface area contributed by atoms with Crippen molar-refractivity contribution < 1.29 is 14.0 Å². The lowest BCUT2D eigenvalue weighted by Crippen LogP contribution is -2.33. The van der Waals surface area contributed by atoms with Crippen LogP contribution in [0.15, 0.2) is 47.1 Å². The summed E-state index contributed by atoms with van der Waals surface area (Å²) in [5, 5.41) is 2.85. The smallest absolute Gasteiger partial charge is 0.227 e. The number of rotatable bonds is 4. The largest absolute Gasteiger partial charge is 0.467 e. The van der Waals surface area contributed by atoms with E-state index in [9.17, 15) is 9.59 Å². The lowest BCUT2D eigenvalue weighted by atomic mass is 9.85. The molecule has 1 saturated heterocycles. The maximum atomic E-state index is 12.5. The van der Waals surface area contributed by atoms with Crippen LogP contribution in [0.3, 0.4) is 0 Å². The Bertz CT molecular complexity index is 759. The van der Waals surface area contributed by atoms with Gasteiger partial charge in [0, 0.05) is 18.7 Å². The van der Waals surface area contributed by atoms with Gasteiger partial charge in [0.15, 0.2) is 0 Å². The molecule has 1 aromatic heterocycles.